The summed E-state index contributed by atoms with van der Waals surface area (Å²) in [5.74, 6) is 3.35. The molecular formula is C21H22ClF2N7. The molecule has 0 spiro atoms. The Labute approximate surface area is 182 Å². The lowest BCUT2D eigenvalue weighted by molar-refractivity contribution is -0.0201. The lowest BCUT2D eigenvalue weighted by Gasteiger charge is -2.22. The van der Waals surface area contributed by atoms with Gasteiger partial charge in [0, 0.05) is 29.1 Å². The summed E-state index contributed by atoms with van der Waals surface area (Å²) in [5.41, 5.74) is 2.55. The van der Waals surface area contributed by atoms with E-state index in [1.54, 1.807) is 47.1 Å². The van der Waals surface area contributed by atoms with Crippen molar-refractivity contribution in [1.82, 2.24) is 19.4 Å². The second kappa shape index (κ2) is 7.49. The number of hydrogen-bond acceptors (Lipinski definition) is 6. The van der Waals surface area contributed by atoms with Crippen LogP contribution in [-0.4, -0.2) is 57.4 Å². The van der Waals surface area contributed by atoms with Crippen LogP contribution in [0.5, 0.6) is 0 Å². The highest BCUT2D eigenvalue weighted by Gasteiger charge is 2.49. The number of benzene rings is 1. The number of fused-ring (bicyclic) bond motifs is 3. The molecule has 2 N–H and O–H groups in total. The molecule has 1 aliphatic carbocycles. The molecule has 1 atom stereocenters. The first-order valence-electron chi connectivity index (χ1n) is 10.2. The minimum absolute atomic E-state index is 0.138. The highest BCUT2D eigenvalue weighted by molar-refractivity contribution is 6.32. The van der Waals surface area contributed by atoms with Gasteiger partial charge in [-0.05, 0) is 38.1 Å². The summed E-state index contributed by atoms with van der Waals surface area (Å²) >= 11 is 6.22. The highest BCUT2D eigenvalue weighted by atomic mass is 35.5. The monoisotopic (exact) mass is 445 g/mol. The molecule has 7 nitrogen and oxygen atoms in total. The SMILES string of the molecule is CN1CC(n2c(CN=CC(=NN)C3CC3)nc3cnc4ccc(Cl)cc4c32)C(F)(F)C1. The number of aliphatic imine (C=N–C) groups is 1. The standard InChI is InChI=1S/C21H22ClF2N7/c1-30-10-18(21(23,24)11-30)31-19(9-26-7-16(29-25)12-2-3-12)28-17-8-27-15-5-4-13(22)6-14(15)20(17)31/h4-8,12,18H,2-3,9-11,25H2,1H3. The number of hydrogen-bond donors (Lipinski definition) is 1. The smallest absolute Gasteiger partial charge is 0.282 e. The quantitative estimate of drug-likeness (QED) is 0.369. The number of nitrogens with two attached hydrogens (primary N) is 1. The van der Waals surface area contributed by atoms with Gasteiger partial charge in [0.05, 0.1) is 36.0 Å². The van der Waals surface area contributed by atoms with Crippen LogP contribution in [0.15, 0.2) is 34.5 Å². The van der Waals surface area contributed by atoms with E-state index >= 15 is 8.78 Å². The molecule has 3 heterocycles. The number of imidazole rings is 1. The zero-order valence-electron chi connectivity index (χ0n) is 17.0. The van der Waals surface area contributed by atoms with Crippen molar-refractivity contribution in [3.05, 3.63) is 35.2 Å². The fourth-order valence-corrected chi connectivity index (χ4v) is 4.49. The van der Waals surface area contributed by atoms with Gasteiger partial charge in [-0.2, -0.15) is 5.10 Å². The molecule has 31 heavy (non-hydrogen) atoms. The number of alkyl halides is 2. The summed E-state index contributed by atoms with van der Waals surface area (Å²) in [4.78, 5) is 15.1. The molecule has 2 aliphatic rings. The predicted octanol–water partition coefficient (Wildman–Crippen LogP) is 3.66. The molecular weight excluding hydrogens is 424 g/mol. The van der Waals surface area contributed by atoms with E-state index in [1.165, 1.54) is 0 Å². The van der Waals surface area contributed by atoms with Crippen LogP contribution < -0.4 is 5.84 Å². The van der Waals surface area contributed by atoms with Gasteiger partial charge in [-0.25, -0.2) is 13.8 Å². The lowest BCUT2D eigenvalue weighted by atomic mass is 10.1. The highest BCUT2D eigenvalue weighted by Crippen LogP contribution is 2.40. The molecule has 0 radical (unpaired) electrons. The third-order valence-electron chi connectivity index (χ3n) is 5.92. The molecule has 1 aliphatic heterocycles. The number of halogens is 3. The molecule has 1 saturated heterocycles. The second-order valence-electron chi connectivity index (χ2n) is 8.32. The molecule has 5 rings (SSSR count). The van der Waals surface area contributed by atoms with Crippen LogP contribution in [0.25, 0.3) is 21.9 Å². The second-order valence-corrected chi connectivity index (χ2v) is 8.76. The predicted molar refractivity (Wildman–Crippen MR) is 118 cm³/mol. The number of likely N-dealkylation sites (N-methyl/N-ethyl adjacent to an activating group) is 1. The van der Waals surface area contributed by atoms with Gasteiger partial charge in [-0.1, -0.05) is 11.6 Å². The Morgan fingerprint density at radius 1 is 1.35 bits per heavy atom. The van der Waals surface area contributed by atoms with Gasteiger partial charge >= 0.3 is 0 Å². The van der Waals surface area contributed by atoms with Gasteiger partial charge in [-0.15, -0.1) is 0 Å². The summed E-state index contributed by atoms with van der Waals surface area (Å²) in [6.45, 7) is 0.0331. The maximum absolute atomic E-state index is 15.0. The summed E-state index contributed by atoms with van der Waals surface area (Å²) < 4.78 is 31.7. The van der Waals surface area contributed by atoms with E-state index in [1.807, 2.05) is 0 Å². The number of rotatable bonds is 5. The first-order valence-corrected chi connectivity index (χ1v) is 10.5. The Morgan fingerprint density at radius 3 is 2.84 bits per heavy atom. The number of likely N-dealkylation sites (tertiary alicyclic amines) is 1. The van der Waals surface area contributed by atoms with Crippen molar-refractivity contribution >= 4 is 45.5 Å². The van der Waals surface area contributed by atoms with Gasteiger partial charge in [0.15, 0.2) is 0 Å². The van der Waals surface area contributed by atoms with Crippen molar-refractivity contribution in [3.63, 3.8) is 0 Å². The molecule has 1 aromatic carbocycles. The average molecular weight is 446 g/mol. The molecule has 0 amide bonds. The van der Waals surface area contributed by atoms with Crippen LogP contribution in [0.3, 0.4) is 0 Å². The number of aromatic nitrogens is 3. The Kier molecular flexibility index (Phi) is 4.90. The summed E-state index contributed by atoms with van der Waals surface area (Å²) in [7, 11) is 1.70. The van der Waals surface area contributed by atoms with Crippen molar-refractivity contribution in [2.45, 2.75) is 31.4 Å². The van der Waals surface area contributed by atoms with E-state index in [4.69, 9.17) is 17.4 Å². The first-order chi connectivity index (χ1) is 14.9. The Hall–Kier alpha value is -2.65. The topological polar surface area (TPSA) is 84.7 Å². The van der Waals surface area contributed by atoms with E-state index in [2.05, 4.69) is 20.1 Å². The lowest BCUT2D eigenvalue weighted by Crippen LogP contribution is -2.30. The number of nitrogens with zero attached hydrogens (tertiary/aromatic N) is 6. The van der Waals surface area contributed by atoms with Gasteiger partial charge in [-0.3, -0.25) is 14.9 Å². The van der Waals surface area contributed by atoms with Crippen LogP contribution in [-0.2, 0) is 6.54 Å². The van der Waals surface area contributed by atoms with Crippen LogP contribution in [0.1, 0.15) is 24.7 Å². The fraction of sp³-hybridized carbons (Fsp3) is 0.429. The number of hydrazone groups is 1. The van der Waals surface area contributed by atoms with Crippen LogP contribution >= 0.6 is 11.6 Å². The largest absolute Gasteiger partial charge is 0.323 e. The van der Waals surface area contributed by atoms with E-state index in [-0.39, 0.29) is 19.6 Å². The summed E-state index contributed by atoms with van der Waals surface area (Å²) in [6.07, 6.45) is 5.33. The third-order valence-corrected chi connectivity index (χ3v) is 6.15. The average Bonchev–Trinajstić information content (AvgIpc) is 3.43. The molecule has 10 heteroatoms. The minimum atomic E-state index is -2.91. The Morgan fingerprint density at radius 2 is 2.16 bits per heavy atom. The Bertz CT molecular complexity index is 1220. The van der Waals surface area contributed by atoms with E-state index in [0.29, 0.717) is 38.7 Å². The van der Waals surface area contributed by atoms with Gasteiger partial charge in [0.2, 0.25) is 0 Å². The molecule has 162 valence electrons. The van der Waals surface area contributed by atoms with E-state index in [9.17, 15) is 0 Å². The minimum Gasteiger partial charge on any atom is -0.323 e. The number of pyridine rings is 1. The van der Waals surface area contributed by atoms with Gasteiger partial charge in [0.25, 0.3) is 5.92 Å². The summed E-state index contributed by atoms with van der Waals surface area (Å²) in [6, 6.07) is 4.20. The molecule has 1 saturated carbocycles. The molecule has 2 aromatic heterocycles. The third kappa shape index (κ3) is 3.65. The van der Waals surface area contributed by atoms with Gasteiger partial charge < -0.3 is 10.4 Å². The van der Waals surface area contributed by atoms with Crippen molar-refractivity contribution in [3.8, 4) is 0 Å². The van der Waals surface area contributed by atoms with E-state index < -0.39 is 12.0 Å². The van der Waals surface area contributed by atoms with Crippen LogP contribution in [0, 0.1) is 5.92 Å². The van der Waals surface area contributed by atoms with Crippen LogP contribution in [0.4, 0.5) is 8.78 Å². The molecule has 3 aromatic rings. The summed E-state index contributed by atoms with van der Waals surface area (Å²) in [5, 5.41) is 5.00. The normalized spacial score (nSPS) is 22.3. The van der Waals surface area contributed by atoms with Crippen molar-refractivity contribution in [2.75, 3.05) is 20.1 Å². The van der Waals surface area contributed by atoms with Crippen molar-refractivity contribution < 1.29 is 8.78 Å². The zero-order chi connectivity index (χ0) is 21.8. The molecule has 2 fully saturated rings. The molecule has 1 unspecified atom stereocenters. The molecule has 0 bridgehead atoms. The van der Waals surface area contributed by atoms with Crippen LogP contribution in [0.2, 0.25) is 5.02 Å². The maximum atomic E-state index is 15.0. The van der Waals surface area contributed by atoms with E-state index in [0.717, 1.165) is 18.6 Å². The fourth-order valence-electron chi connectivity index (χ4n) is 4.32. The van der Waals surface area contributed by atoms with Gasteiger partial charge in [0.1, 0.15) is 17.4 Å². The van der Waals surface area contributed by atoms with Crippen molar-refractivity contribution in [1.29, 1.82) is 0 Å². The Balaban J connectivity index is 1.66. The zero-order valence-corrected chi connectivity index (χ0v) is 17.7. The first kappa shape index (κ1) is 20.3. The maximum Gasteiger partial charge on any atom is 0.282 e. The van der Waals surface area contributed by atoms with Crippen molar-refractivity contribution in [2.24, 2.45) is 21.9 Å².